The fourth-order valence-corrected chi connectivity index (χ4v) is 9.58. The van der Waals surface area contributed by atoms with Gasteiger partial charge in [-0.25, -0.2) is 0 Å². The smallest absolute Gasteiger partial charge is 0.306 e. The zero-order chi connectivity index (χ0) is 59.3. The SMILES string of the molecule is CCOC(=O)CCc1ccc(OCCC(C)C)c(Cc2cc(CCC(=O)OCC)cc(Cc3cc(CCC(=O)OCC)cc(Cc4cc(CCC(=O)OCC)cc(CC)c4OCCC(C)C)c3OCCC(C)C)c2OCCC(C)C)c1. The minimum Gasteiger partial charge on any atom is -0.493 e. The second-order valence-corrected chi connectivity index (χ2v) is 22.9. The number of rotatable bonds is 39. The van der Waals surface area contributed by atoms with Gasteiger partial charge in [0.2, 0.25) is 0 Å². The fourth-order valence-electron chi connectivity index (χ4n) is 9.58. The fraction of sp³-hybridized carbons (Fsp3) is 0.594. The van der Waals surface area contributed by atoms with Crippen molar-refractivity contribution in [1.82, 2.24) is 0 Å². The zero-order valence-electron chi connectivity index (χ0n) is 51.9. The third-order valence-corrected chi connectivity index (χ3v) is 14.0. The number of carbonyl (C=O) groups is 4. The number of hydrogen-bond acceptors (Lipinski definition) is 12. The molecule has 0 spiro atoms. The summed E-state index contributed by atoms with van der Waals surface area (Å²) in [6.45, 7) is 30.3. The van der Waals surface area contributed by atoms with Gasteiger partial charge < -0.3 is 37.9 Å². The summed E-state index contributed by atoms with van der Waals surface area (Å²) in [5, 5.41) is 0. The highest BCUT2D eigenvalue weighted by Crippen LogP contribution is 2.39. The van der Waals surface area contributed by atoms with Crippen LogP contribution in [0.2, 0.25) is 0 Å². The molecule has 0 saturated heterocycles. The molecule has 81 heavy (non-hydrogen) atoms. The molecular formula is C69H100O12. The summed E-state index contributed by atoms with van der Waals surface area (Å²) in [4.78, 5) is 51.5. The minimum atomic E-state index is -0.267. The van der Waals surface area contributed by atoms with Gasteiger partial charge in [-0.1, -0.05) is 111 Å². The summed E-state index contributed by atoms with van der Waals surface area (Å²) in [6, 6.07) is 19.2. The highest BCUT2D eigenvalue weighted by Gasteiger charge is 2.24. The van der Waals surface area contributed by atoms with Gasteiger partial charge >= 0.3 is 23.9 Å². The number of benzene rings is 4. The van der Waals surface area contributed by atoms with E-state index in [1.165, 1.54) is 0 Å². The molecule has 0 saturated carbocycles. The Bertz CT molecular complexity index is 2570. The third kappa shape index (κ3) is 24.5. The standard InChI is InChI=1S/C69H100O12/c1-14-55-38-52(21-26-64(71)75-16-3)39-58(67(55)79-34-30-48(8)9)45-59-42-54(23-28-66(73)77-18-5)43-61(69(59)81-36-32-50(12)13)46-60-41-53(22-27-65(72)76-17-4)40-57(68(60)80-35-31-49(10)11)44-56-37-51(20-25-63(70)74-15-2)19-24-62(56)78-33-29-47(6)7/h19,24,37-43,47-50H,14-18,20-23,25-36,44-46H2,1-13H3. The lowest BCUT2D eigenvalue weighted by Gasteiger charge is -2.24. The molecule has 0 amide bonds. The maximum Gasteiger partial charge on any atom is 0.306 e. The zero-order valence-corrected chi connectivity index (χ0v) is 51.9. The molecule has 0 fully saturated rings. The normalized spacial score (nSPS) is 11.4. The van der Waals surface area contributed by atoms with E-state index in [4.69, 9.17) is 37.9 Å². The van der Waals surface area contributed by atoms with Crippen LogP contribution in [-0.2, 0) is 89.5 Å². The molecule has 0 radical (unpaired) electrons. The molecule has 448 valence electrons. The molecule has 0 aliphatic rings. The highest BCUT2D eigenvalue weighted by atomic mass is 16.5. The Morgan fingerprint density at radius 3 is 0.926 bits per heavy atom. The molecule has 0 atom stereocenters. The van der Waals surface area contributed by atoms with Crippen molar-refractivity contribution < 1.29 is 57.1 Å². The molecule has 0 heterocycles. The van der Waals surface area contributed by atoms with Crippen LogP contribution >= 0.6 is 0 Å². The quantitative estimate of drug-likeness (QED) is 0.0310. The highest BCUT2D eigenvalue weighted by molar-refractivity contribution is 5.71. The number of aryl methyl sites for hydroxylation is 5. The molecule has 4 rings (SSSR count). The molecule has 0 unspecified atom stereocenters. The number of ether oxygens (including phenoxy) is 8. The second-order valence-electron chi connectivity index (χ2n) is 22.9. The van der Waals surface area contributed by atoms with Crippen molar-refractivity contribution in [2.24, 2.45) is 23.7 Å². The first-order valence-corrected chi connectivity index (χ1v) is 30.6. The number of hydrogen-bond donors (Lipinski definition) is 0. The van der Waals surface area contributed by atoms with Gasteiger partial charge in [0.1, 0.15) is 23.0 Å². The van der Waals surface area contributed by atoms with Crippen molar-refractivity contribution in [3.63, 3.8) is 0 Å². The topological polar surface area (TPSA) is 142 Å². The molecule has 0 aliphatic carbocycles. The Hall–Kier alpha value is -6.04. The first kappa shape index (κ1) is 67.5. The van der Waals surface area contributed by atoms with E-state index in [1.54, 1.807) is 0 Å². The monoisotopic (exact) mass is 1120 g/mol. The maximum atomic E-state index is 13.1. The summed E-state index contributed by atoms with van der Waals surface area (Å²) in [7, 11) is 0. The van der Waals surface area contributed by atoms with E-state index < -0.39 is 0 Å². The minimum absolute atomic E-state index is 0.199. The molecule has 4 aromatic rings. The first-order valence-electron chi connectivity index (χ1n) is 30.6. The van der Waals surface area contributed by atoms with Crippen molar-refractivity contribution >= 4 is 23.9 Å². The Kier molecular flexibility index (Phi) is 30.3. The second kappa shape index (κ2) is 36.4. The van der Waals surface area contributed by atoms with E-state index in [1.807, 2.05) is 39.8 Å². The summed E-state index contributed by atoms with van der Waals surface area (Å²) in [5.41, 5.74) is 10.8. The average Bonchev–Trinajstić information content (AvgIpc) is 3.41. The van der Waals surface area contributed by atoms with E-state index in [9.17, 15) is 19.2 Å². The van der Waals surface area contributed by atoms with Crippen LogP contribution < -0.4 is 18.9 Å². The molecule has 0 aromatic heterocycles. The van der Waals surface area contributed by atoms with Crippen LogP contribution in [0.5, 0.6) is 23.0 Å². The van der Waals surface area contributed by atoms with Crippen molar-refractivity contribution in [3.05, 3.63) is 116 Å². The molecular weight excluding hydrogens is 1020 g/mol. The van der Waals surface area contributed by atoms with Crippen LogP contribution in [0.25, 0.3) is 0 Å². The largest absolute Gasteiger partial charge is 0.493 e. The molecule has 12 heteroatoms. The van der Waals surface area contributed by atoms with E-state index in [-0.39, 0.29) is 49.6 Å². The lowest BCUT2D eigenvalue weighted by molar-refractivity contribution is -0.144. The maximum absolute atomic E-state index is 13.1. The third-order valence-electron chi connectivity index (χ3n) is 14.0. The molecule has 0 N–H and O–H groups in total. The molecule has 0 bridgehead atoms. The summed E-state index contributed by atoms with van der Waals surface area (Å²) in [6.07, 6.45) is 8.32. The summed E-state index contributed by atoms with van der Waals surface area (Å²) >= 11 is 0. The first-order chi connectivity index (χ1) is 38.9. The average molecular weight is 1120 g/mol. The summed E-state index contributed by atoms with van der Waals surface area (Å²) in [5.74, 6) is 3.80. The Balaban J connectivity index is 2.09. The molecule has 12 nitrogen and oxygen atoms in total. The Morgan fingerprint density at radius 2 is 0.617 bits per heavy atom. The Labute approximate surface area is 487 Å². The number of esters is 4. The van der Waals surface area contributed by atoms with Crippen LogP contribution in [0.1, 0.15) is 203 Å². The Morgan fingerprint density at radius 1 is 0.346 bits per heavy atom. The predicted molar refractivity (Wildman–Crippen MR) is 323 cm³/mol. The predicted octanol–water partition coefficient (Wildman–Crippen LogP) is 14.7. The number of carbonyl (C=O) groups excluding carboxylic acids is 4. The van der Waals surface area contributed by atoms with Crippen LogP contribution in [0.3, 0.4) is 0 Å². The van der Waals surface area contributed by atoms with Crippen LogP contribution in [-0.4, -0.2) is 76.7 Å². The van der Waals surface area contributed by atoms with Gasteiger partial charge in [-0.3, -0.25) is 19.2 Å². The van der Waals surface area contributed by atoms with Crippen molar-refractivity contribution in [2.45, 2.75) is 193 Å². The van der Waals surface area contributed by atoms with Crippen LogP contribution in [0.15, 0.2) is 54.6 Å². The van der Waals surface area contributed by atoms with E-state index >= 15 is 0 Å². The van der Waals surface area contributed by atoms with Crippen molar-refractivity contribution in [2.75, 3.05) is 52.9 Å². The van der Waals surface area contributed by atoms with Crippen molar-refractivity contribution in [1.29, 1.82) is 0 Å². The lowest BCUT2D eigenvalue weighted by Crippen LogP contribution is -2.12. The van der Waals surface area contributed by atoms with Gasteiger partial charge in [0.05, 0.1) is 52.9 Å². The van der Waals surface area contributed by atoms with Crippen molar-refractivity contribution in [3.8, 4) is 23.0 Å². The van der Waals surface area contributed by atoms with Gasteiger partial charge in [-0.2, -0.15) is 0 Å². The van der Waals surface area contributed by atoms with Gasteiger partial charge in [0.15, 0.2) is 0 Å². The van der Waals surface area contributed by atoms with E-state index in [0.717, 1.165) is 116 Å². The van der Waals surface area contributed by atoms with Crippen LogP contribution in [0, 0.1) is 23.7 Å². The van der Waals surface area contributed by atoms with E-state index in [0.29, 0.717) is 121 Å². The molecule has 0 aliphatic heterocycles. The van der Waals surface area contributed by atoms with Gasteiger partial charge in [0, 0.05) is 44.9 Å². The van der Waals surface area contributed by atoms with Gasteiger partial charge in [0.25, 0.3) is 0 Å². The van der Waals surface area contributed by atoms with Gasteiger partial charge in [-0.05, 0) is 176 Å². The van der Waals surface area contributed by atoms with Gasteiger partial charge in [-0.15, -0.1) is 0 Å². The lowest BCUT2D eigenvalue weighted by atomic mass is 9.89. The molecule has 4 aromatic carbocycles. The van der Waals surface area contributed by atoms with E-state index in [2.05, 4.69) is 105 Å². The summed E-state index contributed by atoms with van der Waals surface area (Å²) < 4.78 is 49.1. The van der Waals surface area contributed by atoms with Crippen LogP contribution in [0.4, 0.5) is 0 Å².